The number of fused-ring (bicyclic) bond motifs is 5. The third kappa shape index (κ3) is 6.75. The fourth-order valence-corrected chi connectivity index (χ4v) is 6.69. The first-order valence-electron chi connectivity index (χ1n) is 13.9. The molecule has 0 heterocycles. The van der Waals surface area contributed by atoms with Crippen LogP contribution >= 0.6 is 0 Å². The molecular formula is C38H38Cl2Zr-2. The van der Waals surface area contributed by atoms with Gasteiger partial charge in [-0.05, 0) is 58.4 Å². The Morgan fingerprint density at radius 3 is 1.83 bits per heavy atom. The number of hydrogen-bond donors (Lipinski definition) is 0. The van der Waals surface area contributed by atoms with E-state index in [9.17, 15) is 0 Å². The van der Waals surface area contributed by atoms with E-state index >= 15 is 0 Å². The van der Waals surface area contributed by atoms with E-state index in [2.05, 4.69) is 109 Å². The van der Waals surface area contributed by atoms with E-state index in [-0.39, 0.29) is 35.6 Å². The van der Waals surface area contributed by atoms with Gasteiger partial charge in [-0.15, -0.1) is 11.6 Å². The number of rotatable bonds is 1. The fraction of sp³-hybridized carbons (Fsp3) is 0.263. The molecule has 41 heavy (non-hydrogen) atoms. The minimum absolute atomic E-state index is 0. The Morgan fingerprint density at radius 1 is 0.756 bits per heavy atom. The largest absolute Gasteiger partial charge is 1.00 e. The van der Waals surface area contributed by atoms with Crippen molar-refractivity contribution >= 4 is 14.4 Å². The molecule has 3 aliphatic carbocycles. The molecule has 0 atom stereocenters. The molecule has 7 rings (SSSR count). The summed E-state index contributed by atoms with van der Waals surface area (Å²) in [4.78, 5) is 0. The zero-order chi connectivity index (χ0) is 27.9. The predicted octanol–water partition coefficient (Wildman–Crippen LogP) is 3.64. The van der Waals surface area contributed by atoms with Crippen molar-refractivity contribution in [1.29, 1.82) is 0 Å². The molecule has 0 saturated heterocycles. The van der Waals surface area contributed by atoms with E-state index in [4.69, 9.17) is 0 Å². The second-order valence-corrected chi connectivity index (χ2v) is 14.0. The quantitative estimate of drug-likeness (QED) is 0.242. The van der Waals surface area contributed by atoms with Crippen LogP contribution in [0.15, 0.2) is 91.0 Å². The SMILES string of the molecule is CC1=[C-]C(C)(C)c2cc3c(cc21)-c1cc2c(cc1C3)C(C)(C)C=C2C.C[C](=[Zr+2])c1ccccc1.[Cl-].[Cl-].c1cc[cH-]c1. The molecule has 4 aromatic rings. The van der Waals surface area contributed by atoms with Crippen LogP contribution in [0.1, 0.15) is 87.4 Å². The third-order valence-electron chi connectivity index (χ3n) is 8.19. The molecule has 0 nitrogen and oxygen atoms in total. The number of hydrogen-bond acceptors (Lipinski definition) is 0. The summed E-state index contributed by atoms with van der Waals surface area (Å²) in [5.74, 6) is 0. The molecule has 0 bridgehead atoms. The molecule has 0 aliphatic heterocycles. The van der Waals surface area contributed by atoms with Gasteiger partial charge in [0.1, 0.15) is 0 Å². The maximum atomic E-state index is 3.65. The van der Waals surface area contributed by atoms with Gasteiger partial charge in [0.2, 0.25) is 0 Å². The molecule has 3 aliphatic rings. The van der Waals surface area contributed by atoms with Gasteiger partial charge >= 0.3 is 70.3 Å². The van der Waals surface area contributed by atoms with Crippen LogP contribution in [0.2, 0.25) is 0 Å². The van der Waals surface area contributed by atoms with Crippen LogP contribution in [0.4, 0.5) is 0 Å². The summed E-state index contributed by atoms with van der Waals surface area (Å²) in [6.07, 6.45) is 7.13. The summed E-state index contributed by atoms with van der Waals surface area (Å²) in [6.45, 7) is 15.8. The van der Waals surface area contributed by atoms with Gasteiger partial charge in [-0.1, -0.05) is 58.2 Å². The first kappa shape index (κ1) is 33.3. The Labute approximate surface area is 274 Å². The van der Waals surface area contributed by atoms with Gasteiger partial charge in [-0.25, -0.2) is 17.7 Å². The molecule has 3 heteroatoms. The van der Waals surface area contributed by atoms with Crippen molar-refractivity contribution in [2.75, 3.05) is 0 Å². The first-order valence-corrected chi connectivity index (χ1v) is 15.2. The molecule has 0 amide bonds. The van der Waals surface area contributed by atoms with E-state index in [1.54, 1.807) is 0 Å². The van der Waals surface area contributed by atoms with E-state index < -0.39 is 0 Å². The third-order valence-corrected chi connectivity index (χ3v) is 8.90. The smallest absolute Gasteiger partial charge is 0.172 e. The Balaban J connectivity index is 0.000000240. The summed E-state index contributed by atoms with van der Waals surface area (Å²) in [5, 5.41) is 0. The molecule has 210 valence electrons. The Bertz CT molecular complexity index is 1500. The van der Waals surface area contributed by atoms with Crippen LogP contribution in [0.3, 0.4) is 0 Å². The minimum Gasteiger partial charge on any atom is -1.00 e. The Hall–Kier alpha value is -2.18. The van der Waals surface area contributed by atoms with Crippen LogP contribution in [-0.2, 0) is 41.5 Å². The fourth-order valence-electron chi connectivity index (χ4n) is 6.28. The van der Waals surface area contributed by atoms with Crippen molar-refractivity contribution in [3.8, 4) is 11.1 Å². The van der Waals surface area contributed by atoms with Crippen molar-refractivity contribution in [3.05, 3.63) is 136 Å². The molecule has 0 radical (unpaired) electrons. The van der Waals surface area contributed by atoms with Crippen LogP contribution in [-0.4, -0.2) is 3.21 Å². The van der Waals surface area contributed by atoms with E-state index in [0.29, 0.717) is 0 Å². The Morgan fingerprint density at radius 2 is 1.32 bits per heavy atom. The normalized spacial score (nSPS) is 15.5. The topological polar surface area (TPSA) is 0 Å². The maximum absolute atomic E-state index is 3.65. The average Bonchev–Trinajstić information content (AvgIpc) is 3.66. The monoisotopic (exact) mass is 654 g/mol. The van der Waals surface area contributed by atoms with Crippen molar-refractivity contribution in [2.45, 2.75) is 65.7 Å². The zero-order valence-corrected chi connectivity index (χ0v) is 29.1. The molecule has 4 aromatic carbocycles. The molecule has 0 fully saturated rings. The number of benzene rings is 3. The molecule has 0 N–H and O–H groups in total. The van der Waals surface area contributed by atoms with Crippen molar-refractivity contribution < 1.29 is 49.0 Å². The predicted molar refractivity (Wildman–Crippen MR) is 165 cm³/mol. The van der Waals surface area contributed by atoms with Crippen LogP contribution in [0, 0.1) is 6.08 Å². The number of allylic oxidation sites excluding steroid dienone is 4. The van der Waals surface area contributed by atoms with Crippen LogP contribution in [0.5, 0.6) is 0 Å². The van der Waals surface area contributed by atoms with E-state index in [0.717, 1.165) is 6.42 Å². The molecule has 0 aromatic heterocycles. The molecular weight excluding hydrogens is 619 g/mol. The van der Waals surface area contributed by atoms with Gasteiger partial charge in [0.25, 0.3) is 0 Å². The summed E-state index contributed by atoms with van der Waals surface area (Å²) >= 11 is 1.51. The zero-order valence-electron chi connectivity index (χ0n) is 25.1. The summed E-state index contributed by atoms with van der Waals surface area (Å²) < 4.78 is 1.46. The average molecular weight is 657 g/mol. The molecule has 0 spiro atoms. The van der Waals surface area contributed by atoms with Gasteiger partial charge in [0, 0.05) is 5.41 Å². The van der Waals surface area contributed by atoms with Gasteiger partial charge in [0.15, 0.2) is 0 Å². The van der Waals surface area contributed by atoms with Crippen LogP contribution in [0.25, 0.3) is 22.3 Å². The summed E-state index contributed by atoms with van der Waals surface area (Å²) in [7, 11) is 0. The molecule has 0 unspecified atom stereocenters. The number of halogens is 2. The van der Waals surface area contributed by atoms with Gasteiger partial charge in [0.05, 0.1) is 0 Å². The summed E-state index contributed by atoms with van der Waals surface area (Å²) in [6, 6.07) is 30.3. The van der Waals surface area contributed by atoms with Crippen molar-refractivity contribution in [3.63, 3.8) is 0 Å². The van der Waals surface area contributed by atoms with Gasteiger partial charge in [-0.3, -0.25) is 6.08 Å². The standard InChI is InChI=1S/C25H25.C8H8.C5H5.2ClH.Zr/c1-14-12-24(3,4)22-8-16-7-17-9-23-19(15(2)13-25(23,5)6)11-21(17)20(16)10-18(14)22;1-2-8-6-4-3-5-7-8;1-2-4-5-3-1;;;/h8-12H,7H2,1-6H3;3-7H,1H3;1-5H;2*1H;/q-1;;-1;;;+2/p-2. The second-order valence-electron chi connectivity index (χ2n) is 12.2. The first-order chi connectivity index (χ1) is 18.5. The van der Waals surface area contributed by atoms with Crippen molar-refractivity contribution in [1.82, 2.24) is 0 Å². The maximum Gasteiger partial charge on any atom is -0.172 e. The van der Waals surface area contributed by atoms with Gasteiger partial charge < -0.3 is 24.8 Å². The second kappa shape index (κ2) is 13.0. The molecule has 0 saturated carbocycles. The van der Waals surface area contributed by atoms with Crippen LogP contribution < -0.4 is 24.8 Å². The van der Waals surface area contributed by atoms with Gasteiger partial charge in [-0.2, -0.15) is 23.8 Å². The van der Waals surface area contributed by atoms with Crippen molar-refractivity contribution in [2.24, 2.45) is 0 Å². The summed E-state index contributed by atoms with van der Waals surface area (Å²) in [5.41, 5.74) is 15.9. The Kier molecular flexibility index (Phi) is 10.6. The minimum atomic E-state index is 0. The van der Waals surface area contributed by atoms with E-state index in [1.165, 1.54) is 88.7 Å². The van der Waals surface area contributed by atoms with E-state index in [1.807, 2.05) is 36.4 Å².